The summed E-state index contributed by atoms with van der Waals surface area (Å²) in [4.78, 5) is 0. The van der Waals surface area contributed by atoms with E-state index in [1.54, 1.807) is 14.2 Å². The lowest BCUT2D eigenvalue weighted by Crippen LogP contribution is -2.46. The number of nitrogens with one attached hydrogen (secondary N) is 1. The van der Waals surface area contributed by atoms with Crippen molar-refractivity contribution in [3.8, 4) is 11.5 Å². The highest BCUT2D eigenvalue weighted by atomic mass is 16.5. The molecule has 0 bridgehead atoms. The van der Waals surface area contributed by atoms with Crippen molar-refractivity contribution < 1.29 is 14.6 Å². The zero-order valence-corrected chi connectivity index (χ0v) is 19.0. The number of hydrogen-bond acceptors (Lipinski definition) is 4. The lowest BCUT2D eigenvalue weighted by molar-refractivity contribution is 0.117. The van der Waals surface area contributed by atoms with Crippen LogP contribution in [-0.4, -0.2) is 38.0 Å². The standard InChI is InChI=1S/C28H33NO3/c1-31-27-15-16-28(32-2)24-19-26(30)25(18-23(24)27)29-17-9-14-22(20-10-5-3-6-11-20)21-12-7-4-8-13-21/h3-8,10-13,15-16,22,25-26,29-30H,9,14,17-19H2,1-2H3. The van der Waals surface area contributed by atoms with Gasteiger partial charge in [-0.25, -0.2) is 0 Å². The van der Waals surface area contributed by atoms with Gasteiger partial charge in [-0.2, -0.15) is 0 Å². The summed E-state index contributed by atoms with van der Waals surface area (Å²) in [6.45, 7) is 0.861. The Hall–Kier alpha value is -2.82. The number of aliphatic hydroxyl groups excluding tert-OH is 1. The van der Waals surface area contributed by atoms with Gasteiger partial charge in [0.1, 0.15) is 11.5 Å². The van der Waals surface area contributed by atoms with E-state index in [-0.39, 0.29) is 6.04 Å². The Kier molecular flexibility index (Phi) is 7.46. The number of aliphatic hydroxyl groups is 1. The van der Waals surface area contributed by atoms with Crippen LogP contribution in [-0.2, 0) is 12.8 Å². The topological polar surface area (TPSA) is 50.7 Å². The molecular weight excluding hydrogens is 398 g/mol. The molecule has 3 aromatic carbocycles. The first-order valence-corrected chi connectivity index (χ1v) is 11.4. The van der Waals surface area contributed by atoms with E-state index in [2.05, 4.69) is 66.0 Å². The van der Waals surface area contributed by atoms with E-state index in [0.717, 1.165) is 48.4 Å². The van der Waals surface area contributed by atoms with Gasteiger partial charge in [0.15, 0.2) is 0 Å². The van der Waals surface area contributed by atoms with Crippen molar-refractivity contribution in [2.45, 2.75) is 43.7 Å². The average molecular weight is 432 g/mol. The predicted molar refractivity (Wildman–Crippen MR) is 129 cm³/mol. The van der Waals surface area contributed by atoms with Crippen LogP contribution < -0.4 is 14.8 Å². The summed E-state index contributed by atoms with van der Waals surface area (Å²) in [5, 5.41) is 14.4. The largest absolute Gasteiger partial charge is 0.496 e. The lowest BCUT2D eigenvalue weighted by atomic mass is 9.84. The molecule has 4 rings (SSSR count). The van der Waals surface area contributed by atoms with Crippen LogP contribution in [0.15, 0.2) is 72.8 Å². The normalized spacial score (nSPS) is 17.8. The van der Waals surface area contributed by atoms with Crippen molar-refractivity contribution in [3.05, 3.63) is 95.1 Å². The van der Waals surface area contributed by atoms with E-state index in [1.807, 2.05) is 12.1 Å². The minimum absolute atomic E-state index is 0.00964. The molecule has 2 unspecified atom stereocenters. The second-order valence-electron chi connectivity index (χ2n) is 8.48. The van der Waals surface area contributed by atoms with Gasteiger partial charge in [-0.3, -0.25) is 0 Å². The van der Waals surface area contributed by atoms with Gasteiger partial charge in [-0.05, 0) is 49.1 Å². The summed E-state index contributed by atoms with van der Waals surface area (Å²) < 4.78 is 11.1. The van der Waals surface area contributed by atoms with Crippen molar-refractivity contribution in [2.75, 3.05) is 20.8 Å². The smallest absolute Gasteiger partial charge is 0.122 e. The van der Waals surface area contributed by atoms with Gasteiger partial charge in [-0.1, -0.05) is 60.7 Å². The third kappa shape index (κ3) is 4.98. The molecule has 4 heteroatoms. The fourth-order valence-electron chi connectivity index (χ4n) is 4.89. The van der Waals surface area contributed by atoms with Gasteiger partial charge in [-0.15, -0.1) is 0 Å². The first-order chi connectivity index (χ1) is 15.7. The molecule has 0 aliphatic heterocycles. The Morgan fingerprint density at radius 3 is 1.88 bits per heavy atom. The Balaban J connectivity index is 1.40. The zero-order valence-electron chi connectivity index (χ0n) is 19.0. The Morgan fingerprint density at radius 2 is 1.34 bits per heavy atom. The molecule has 3 aromatic rings. The quantitative estimate of drug-likeness (QED) is 0.481. The Bertz CT molecular complexity index is 951. The van der Waals surface area contributed by atoms with Gasteiger partial charge in [0, 0.05) is 29.5 Å². The highest BCUT2D eigenvalue weighted by Crippen LogP contribution is 2.36. The van der Waals surface area contributed by atoms with E-state index in [4.69, 9.17) is 9.47 Å². The molecule has 168 valence electrons. The van der Waals surface area contributed by atoms with Crippen LogP contribution in [0.2, 0.25) is 0 Å². The summed E-state index contributed by atoms with van der Waals surface area (Å²) in [6, 6.07) is 25.3. The molecule has 2 atom stereocenters. The molecule has 4 nitrogen and oxygen atoms in total. The number of ether oxygens (including phenoxy) is 2. The highest BCUT2D eigenvalue weighted by molar-refractivity contribution is 5.51. The molecule has 0 fully saturated rings. The summed E-state index contributed by atoms with van der Waals surface area (Å²) in [7, 11) is 3.37. The molecule has 2 N–H and O–H groups in total. The maximum Gasteiger partial charge on any atom is 0.122 e. The third-order valence-electron chi connectivity index (χ3n) is 6.57. The van der Waals surface area contributed by atoms with E-state index in [0.29, 0.717) is 12.3 Å². The first kappa shape index (κ1) is 22.4. The SMILES string of the molecule is COc1ccc(OC)c2c1CC(O)C(NCCCC(c1ccccc1)c1ccccc1)C2. The average Bonchev–Trinajstić information content (AvgIpc) is 2.84. The Morgan fingerprint density at radius 1 is 0.812 bits per heavy atom. The van der Waals surface area contributed by atoms with Crippen LogP contribution in [0, 0.1) is 0 Å². The first-order valence-electron chi connectivity index (χ1n) is 11.4. The maximum atomic E-state index is 10.8. The molecule has 0 amide bonds. The van der Waals surface area contributed by atoms with Crippen molar-refractivity contribution in [1.29, 1.82) is 0 Å². The van der Waals surface area contributed by atoms with E-state index in [1.165, 1.54) is 11.1 Å². The number of fused-ring (bicyclic) bond motifs is 1. The second-order valence-corrected chi connectivity index (χ2v) is 8.48. The van der Waals surface area contributed by atoms with Crippen LogP contribution in [0.5, 0.6) is 11.5 Å². The highest BCUT2D eigenvalue weighted by Gasteiger charge is 2.30. The monoisotopic (exact) mass is 431 g/mol. The molecule has 1 aliphatic rings. The minimum Gasteiger partial charge on any atom is -0.496 e. The fourth-order valence-corrected chi connectivity index (χ4v) is 4.89. The molecule has 0 radical (unpaired) electrons. The van der Waals surface area contributed by atoms with Crippen LogP contribution in [0.1, 0.15) is 41.0 Å². The molecule has 0 saturated carbocycles. The number of rotatable bonds is 9. The van der Waals surface area contributed by atoms with Crippen LogP contribution in [0.3, 0.4) is 0 Å². The second kappa shape index (κ2) is 10.7. The predicted octanol–water partition coefficient (Wildman–Crippen LogP) is 4.73. The maximum absolute atomic E-state index is 10.8. The summed E-state index contributed by atoms with van der Waals surface area (Å²) in [6.07, 6.45) is 2.95. The van der Waals surface area contributed by atoms with Crippen molar-refractivity contribution in [3.63, 3.8) is 0 Å². The number of hydrogen-bond donors (Lipinski definition) is 2. The van der Waals surface area contributed by atoms with Gasteiger partial charge >= 0.3 is 0 Å². The molecule has 0 saturated heterocycles. The third-order valence-corrected chi connectivity index (χ3v) is 6.57. The van der Waals surface area contributed by atoms with Gasteiger partial charge < -0.3 is 19.9 Å². The summed E-state index contributed by atoms with van der Waals surface area (Å²) >= 11 is 0. The zero-order chi connectivity index (χ0) is 22.3. The number of methoxy groups -OCH3 is 2. The van der Waals surface area contributed by atoms with Gasteiger partial charge in [0.2, 0.25) is 0 Å². The van der Waals surface area contributed by atoms with Crippen LogP contribution in [0.4, 0.5) is 0 Å². The van der Waals surface area contributed by atoms with Crippen molar-refractivity contribution in [2.24, 2.45) is 0 Å². The number of benzene rings is 3. The minimum atomic E-state index is -0.442. The van der Waals surface area contributed by atoms with Crippen LogP contribution in [0.25, 0.3) is 0 Å². The van der Waals surface area contributed by atoms with E-state index < -0.39 is 6.10 Å². The molecule has 32 heavy (non-hydrogen) atoms. The molecule has 1 aliphatic carbocycles. The van der Waals surface area contributed by atoms with Crippen molar-refractivity contribution in [1.82, 2.24) is 5.32 Å². The van der Waals surface area contributed by atoms with E-state index >= 15 is 0 Å². The van der Waals surface area contributed by atoms with Gasteiger partial charge in [0.25, 0.3) is 0 Å². The fraction of sp³-hybridized carbons (Fsp3) is 0.357. The molecule has 0 spiro atoms. The molecule has 0 aromatic heterocycles. The van der Waals surface area contributed by atoms with Crippen molar-refractivity contribution >= 4 is 0 Å². The van der Waals surface area contributed by atoms with Gasteiger partial charge in [0.05, 0.1) is 20.3 Å². The van der Waals surface area contributed by atoms with Crippen LogP contribution >= 0.6 is 0 Å². The van der Waals surface area contributed by atoms with E-state index in [9.17, 15) is 5.11 Å². The molecular formula is C28H33NO3. The Labute approximate surface area is 191 Å². The molecule has 0 heterocycles. The summed E-state index contributed by atoms with van der Waals surface area (Å²) in [5.41, 5.74) is 4.90. The lowest BCUT2D eigenvalue weighted by Gasteiger charge is -2.32. The summed E-state index contributed by atoms with van der Waals surface area (Å²) in [5.74, 6) is 2.07.